The summed E-state index contributed by atoms with van der Waals surface area (Å²) in [5.41, 5.74) is 1.22. The van der Waals surface area contributed by atoms with Gasteiger partial charge in [-0.1, -0.05) is 19.9 Å². The standard InChI is InChI=1S/C13H23N3/c1-10(2)11(3)16(5)13-7-6-12(8-14-4)9-15-13/h6-7,9-11,14H,8H2,1-5H3. The van der Waals surface area contributed by atoms with E-state index in [1.165, 1.54) is 5.56 Å². The molecule has 1 unspecified atom stereocenters. The fourth-order valence-electron chi connectivity index (χ4n) is 1.59. The molecule has 0 spiro atoms. The molecular weight excluding hydrogens is 198 g/mol. The Bertz CT molecular complexity index is 305. The van der Waals surface area contributed by atoms with Gasteiger partial charge in [0.25, 0.3) is 0 Å². The molecule has 1 aromatic rings. The van der Waals surface area contributed by atoms with Gasteiger partial charge in [-0.3, -0.25) is 0 Å². The summed E-state index contributed by atoms with van der Waals surface area (Å²) in [5.74, 6) is 1.67. The molecule has 0 radical (unpaired) electrons. The molecule has 0 fully saturated rings. The van der Waals surface area contributed by atoms with E-state index in [2.05, 4.69) is 55.2 Å². The molecule has 0 saturated carbocycles. The first-order valence-corrected chi connectivity index (χ1v) is 5.88. The van der Waals surface area contributed by atoms with E-state index in [1.54, 1.807) is 0 Å². The molecule has 0 bridgehead atoms. The van der Waals surface area contributed by atoms with Crippen LogP contribution in [0.1, 0.15) is 26.3 Å². The Balaban J connectivity index is 2.73. The van der Waals surface area contributed by atoms with Crippen molar-refractivity contribution >= 4 is 5.82 Å². The number of hydrogen-bond donors (Lipinski definition) is 1. The van der Waals surface area contributed by atoms with E-state index >= 15 is 0 Å². The van der Waals surface area contributed by atoms with E-state index in [0.717, 1.165) is 12.4 Å². The van der Waals surface area contributed by atoms with Gasteiger partial charge in [0, 0.05) is 25.8 Å². The minimum atomic E-state index is 0.502. The van der Waals surface area contributed by atoms with Gasteiger partial charge in [-0.15, -0.1) is 0 Å². The fraction of sp³-hybridized carbons (Fsp3) is 0.615. The van der Waals surface area contributed by atoms with Crippen molar-refractivity contribution in [2.24, 2.45) is 5.92 Å². The monoisotopic (exact) mass is 221 g/mol. The molecule has 0 aromatic carbocycles. The maximum atomic E-state index is 4.49. The molecule has 90 valence electrons. The lowest BCUT2D eigenvalue weighted by molar-refractivity contribution is 0.502. The number of pyridine rings is 1. The topological polar surface area (TPSA) is 28.2 Å². The highest BCUT2D eigenvalue weighted by Crippen LogP contribution is 2.16. The second kappa shape index (κ2) is 5.85. The van der Waals surface area contributed by atoms with Crippen LogP contribution in [-0.2, 0) is 6.54 Å². The Labute approximate surface area is 98.9 Å². The highest BCUT2D eigenvalue weighted by Gasteiger charge is 2.14. The van der Waals surface area contributed by atoms with Crippen molar-refractivity contribution in [1.82, 2.24) is 10.3 Å². The molecule has 3 nitrogen and oxygen atoms in total. The molecular formula is C13H23N3. The molecule has 0 amide bonds. The zero-order valence-electron chi connectivity index (χ0n) is 11.0. The average Bonchev–Trinajstić information content (AvgIpc) is 2.28. The minimum Gasteiger partial charge on any atom is -0.357 e. The number of nitrogens with one attached hydrogen (secondary N) is 1. The molecule has 1 N–H and O–H groups in total. The first-order chi connectivity index (χ1) is 7.56. The Kier molecular flexibility index (Phi) is 4.74. The van der Waals surface area contributed by atoms with Crippen LogP contribution in [0.15, 0.2) is 18.3 Å². The van der Waals surface area contributed by atoms with Crippen molar-refractivity contribution in [3.63, 3.8) is 0 Å². The van der Waals surface area contributed by atoms with E-state index in [9.17, 15) is 0 Å². The van der Waals surface area contributed by atoms with Crippen LogP contribution in [0.3, 0.4) is 0 Å². The third-order valence-corrected chi connectivity index (χ3v) is 3.13. The van der Waals surface area contributed by atoms with E-state index in [0.29, 0.717) is 12.0 Å². The maximum Gasteiger partial charge on any atom is 0.128 e. The average molecular weight is 221 g/mol. The van der Waals surface area contributed by atoms with Crippen molar-refractivity contribution < 1.29 is 0 Å². The summed E-state index contributed by atoms with van der Waals surface area (Å²) in [7, 11) is 4.05. The lowest BCUT2D eigenvalue weighted by Gasteiger charge is -2.29. The third-order valence-electron chi connectivity index (χ3n) is 3.13. The van der Waals surface area contributed by atoms with E-state index in [1.807, 2.05) is 13.2 Å². The normalized spacial score (nSPS) is 12.9. The summed E-state index contributed by atoms with van der Waals surface area (Å²) in [6.07, 6.45) is 1.94. The largest absolute Gasteiger partial charge is 0.357 e. The summed E-state index contributed by atoms with van der Waals surface area (Å²) in [4.78, 5) is 6.72. The molecule has 1 atom stereocenters. The summed E-state index contributed by atoms with van der Waals surface area (Å²) in [6, 6.07) is 4.72. The van der Waals surface area contributed by atoms with Gasteiger partial charge in [0.05, 0.1) is 0 Å². The summed E-state index contributed by atoms with van der Waals surface area (Å²) < 4.78 is 0. The predicted molar refractivity (Wildman–Crippen MR) is 69.7 cm³/mol. The third kappa shape index (κ3) is 3.20. The van der Waals surface area contributed by atoms with E-state index in [-0.39, 0.29) is 0 Å². The first-order valence-electron chi connectivity index (χ1n) is 5.88. The number of nitrogens with zero attached hydrogens (tertiary/aromatic N) is 2. The second-order valence-electron chi connectivity index (χ2n) is 4.65. The molecule has 1 aromatic heterocycles. The molecule has 16 heavy (non-hydrogen) atoms. The minimum absolute atomic E-state index is 0.502. The van der Waals surface area contributed by atoms with Crippen molar-refractivity contribution in [3.8, 4) is 0 Å². The highest BCUT2D eigenvalue weighted by atomic mass is 15.2. The SMILES string of the molecule is CNCc1ccc(N(C)C(C)C(C)C)nc1. The van der Waals surface area contributed by atoms with Gasteiger partial charge >= 0.3 is 0 Å². The van der Waals surface area contributed by atoms with Crippen LogP contribution in [0, 0.1) is 5.92 Å². The van der Waals surface area contributed by atoms with E-state index < -0.39 is 0 Å². The number of hydrogen-bond acceptors (Lipinski definition) is 3. The van der Waals surface area contributed by atoms with Crippen molar-refractivity contribution in [2.45, 2.75) is 33.4 Å². The molecule has 3 heteroatoms. The van der Waals surface area contributed by atoms with Crippen LogP contribution < -0.4 is 10.2 Å². The maximum absolute atomic E-state index is 4.49. The summed E-state index contributed by atoms with van der Waals surface area (Å²) >= 11 is 0. The van der Waals surface area contributed by atoms with Crippen LogP contribution >= 0.6 is 0 Å². The quantitative estimate of drug-likeness (QED) is 0.827. The Morgan fingerprint density at radius 2 is 2.00 bits per heavy atom. The van der Waals surface area contributed by atoms with Crippen molar-refractivity contribution in [3.05, 3.63) is 23.9 Å². The molecule has 1 heterocycles. The summed E-state index contributed by atoms with van der Waals surface area (Å²) in [5, 5.41) is 3.12. The van der Waals surface area contributed by atoms with Crippen LogP contribution in [0.25, 0.3) is 0 Å². The first kappa shape index (κ1) is 13.0. The molecule has 0 aliphatic heterocycles. The zero-order chi connectivity index (χ0) is 12.1. The van der Waals surface area contributed by atoms with Gasteiger partial charge in [0.1, 0.15) is 5.82 Å². The Morgan fingerprint density at radius 1 is 1.31 bits per heavy atom. The Morgan fingerprint density at radius 3 is 2.44 bits per heavy atom. The van der Waals surface area contributed by atoms with Gasteiger partial charge in [0.2, 0.25) is 0 Å². The van der Waals surface area contributed by atoms with E-state index in [4.69, 9.17) is 0 Å². The van der Waals surface area contributed by atoms with Gasteiger partial charge in [0.15, 0.2) is 0 Å². The van der Waals surface area contributed by atoms with Gasteiger partial charge in [-0.05, 0) is 31.5 Å². The van der Waals surface area contributed by atoms with Crippen LogP contribution in [0.4, 0.5) is 5.82 Å². The number of aromatic nitrogens is 1. The second-order valence-corrected chi connectivity index (χ2v) is 4.65. The molecule has 0 saturated heterocycles. The lowest BCUT2D eigenvalue weighted by atomic mass is 10.1. The number of rotatable bonds is 5. The van der Waals surface area contributed by atoms with Crippen molar-refractivity contribution in [2.75, 3.05) is 19.0 Å². The summed E-state index contributed by atoms with van der Waals surface area (Å²) in [6.45, 7) is 7.57. The smallest absolute Gasteiger partial charge is 0.128 e. The Hall–Kier alpha value is -1.09. The molecule has 1 rings (SSSR count). The fourth-order valence-corrected chi connectivity index (χ4v) is 1.59. The molecule has 0 aliphatic rings. The molecule has 0 aliphatic carbocycles. The van der Waals surface area contributed by atoms with Crippen molar-refractivity contribution in [1.29, 1.82) is 0 Å². The van der Waals surface area contributed by atoms with Crippen LogP contribution in [-0.4, -0.2) is 25.1 Å². The van der Waals surface area contributed by atoms with Crippen LogP contribution in [0.5, 0.6) is 0 Å². The lowest BCUT2D eigenvalue weighted by Crippen LogP contribution is -2.33. The number of anilines is 1. The zero-order valence-corrected chi connectivity index (χ0v) is 11.0. The van der Waals surface area contributed by atoms with Gasteiger partial charge < -0.3 is 10.2 Å². The van der Waals surface area contributed by atoms with Gasteiger partial charge in [-0.25, -0.2) is 4.98 Å². The predicted octanol–water partition coefficient (Wildman–Crippen LogP) is 2.28. The van der Waals surface area contributed by atoms with Crippen LogP contribution in [0.2, 0.25) is 0 Å². The highest BCUT2D eigenvalue weighted by molar-refractivity contribution is 5.39. The van der Waals surface area contributed by atoms with Gasteiger partial charge in [-0.2, -0.15) is 0 Å².